The second kappa shape index (κ2) is 10.6. The lowest BCUT2D eigenvalue weighted by molar-refractivity contribution is -0.130. The second-order valence-electron chi connectivity index (χ2n) is 8.31. The molecule has 0 saturated heterocycles. The standard InChI is InChI=1S/C29H23ClN2O4S/c1-3-35-23-15-14-21(30)16-20(23)17-24-27(33)32-26(19-10-6-4-7-11-19)25(18(2)31-29(32)37-24)28(34)36-22-12-8-5-9-13-22/h4-17,26H,3H2,1-2H3/b24-17+/t26-/m0/s1. The number of para-hydroxylation sites is 1. The maximum absolute atomic E-state index is 13.8. The van der Waals surface area contributed by atoms with Crippen molar-refractivity contribution in [3.05, 3.63) is 126 Å². The number of hydrogen-bond donors (Lipinski definition) is 0. The predicted octanol–water partition coefficient (Wildman–Crippen LogP) is 4.89. The molecule has 0 N–H and O–H groups in total. The zero-order valence-electron chi connectivity index (χ0n) is 20.2. The lowest BCUT2D eigenvalue weighted by Crippen LogP contribution is -2.40. The summed E-state index contributed by atoms with van der Waals surface area (Å²) < 4.78 is 13.4. The summed E-state index contributed by atoms with van der Waals surface area (Å²) in [6.45, 7) is 4.13. The molecule has 8 heteroatoms. The molecule has 0 spiro atoms. The Labute approximate surface area is 222 Å². The Hall–Kier alpha value is -3.94. The van der Waals surface area contributed by atoms with Gasteiger partial charge in [0.1, 0.15) is 11.5 Å². The van der Waals surface area contributed by atoms with Crippen LogP contribution in [0.1, 0.15) is 31.0 Å². The van der Waals surface area contributed by atoms with E-state index in [1.807, 2.05) is 43.3 Å². The van der Waals surface area contributed by atoms with Crippen LogP contribution in [0, 0.1) is 0 Å². The van der Waals surface area contributed by atoms with E-state index in [1.165, 1.54) is 11.3 Å². The Morgan fingerprint density at radius 3 is 2.49 bits per heavy atom. The van der Waals surface area contributed by atoms with E-state index in [0.29, 0.717) is 49.3 Å². The van der Waals surface area contributed by atoms with Crippen molar-refractivity contribution in [1.29, 1.82) is 0 Å². The van der Waals surface area contributed by atoms with Crippen molar-refractivity contribution in [2.45, 2.75) is 19.9 Å². The highest BCUT2D eigenvalue weighted by Gasteiger charge is 2.33. The van der Waals surface area contributed by atoms with Crippen molar-refractivity contribution in [1.82, 2.24) is 4.57 Å². The van der Waals surface area contributed by atoms with Crippen molar-refractivity contribution in [3.8, 4) is 11.5 Å². The predicted molar refractivity (Wildman–Crippen MR) is 145 cm³/mol. The van der Waals surface area contributed by atoms with Gasteiger partial charge in [0.05, 0.1) is 28.5 Å². The van der Waals surface area contributed by atoms with Crippen LogP contribution in [-0.4, -0.2) is 17.1 Å². The van der Waals surface area contributed by atoms with Gasteiger partial charge in [-0.2, -0.15) is 0 Å². The van der Waals surface area contributed by atoms with E-state index in [4.69, 9.17) is 21.1 Å². The zero-order valence-corrected chi connectivity index (χ0v) is 21.8. The Balaban J connectivity index is 1.67. The van der Waals surface area contributed by atoms with E-state index >= 15 is 0 Å². The number of carbonyl (C=O) groups excluding carboxylic acids is 1. The van der Waals surface area contributed by atoms with Crippen LogP contribution >= 0.6 is 22.9 Å². The van der Waals surface area contributed by atoms with Gasteiger partial charge in [0.2, 0.25) is 0 Å². The molecule has 1 atom stereocenters. The molecule has 0 bridgehead atoms. The first-order chi connectivity index (χ1) is 18.0. The number of aromatic nitrogens is 1. The minimum absolute atomic E-state index is 0.266. The molecule has 0 aliphatic carbocycles. The number of ether oxygens (including phenoxy) is 2. The Morgan fingerprint density at radius 1 is 1.08 bits per heavy atom. The van der Waals surface area contributed by atoms with Gasteiger partial charge in [0.15, 0.2) is 4.80 Å². The average Bonchev–Trinajstić information content (AvgIpc) is 3.20. The van der Waals surface area contributed by atoms with Crippen molar-refractivity contribution < 1.29 is 14.3 Å². The fraction of sp³-hybridized carbons (Fsp3) is 0.138. The number of halogens is 1. The summed E-state index contributed by atoms with van der Waals surface area (Å²) in [7, 11) is 0. The summed E-state index contributed by atoms with van der Waals surface area (Å²) in [6.07, 6.45) is 1.75. The quantitative estimate of drug-likeness (QED) is 0.263. The number of nitrogens with zero attached hydrogens (tertiary/aromatic N) is 2. The lowest BCUT2D eigenvalue weighted by atomic mass is 9.96. The van der Waals surface area contributed by atoms with Gasteiger partial charge in [-0.15, -0.1) is 0 Å². The Kier molecular flexibility index (Phi) is 7.08. The largest absolute Gasteiger partial charge is 0.493 e. The van der Waals surface area contributed by atoms with E-state index in [-0.39, 0.29) is 5.56 Å². The molecule has 186 valence electrons. The van der Waals surface area contributed by atoms with Crippen LogP contribution in [0.5, 0.6) is 11.5 Å². The number of fused-ring (bicyclic) bond motifs is 1. The SMILES string of the molecule is CCOc1ccc(Cl)cc1/C=c1/sc2n(c1=O)[C@@H](c1ccccc1)C(C(=O)Oc1ccccc1)=C(C)N=2. The number of benzene rings is 3. The van der Waals surface area contributed by atoms with E-state index in [9.17, 15) is 9.59 Å². The second-order valence-corrected chi connectivity index (χ2v) is 9.76. The summed E-state index contributed by atoms with van der Waals surface area (Å²) in [6, 6.07) is 22.9. The average molecular weight is 531 g/mol. The maximum Gasteiger partial charge on any atom is 0.343 e. The van der Waals surface area contributed by atoms with E-state index < -0.39 is 12.0 Å². The number of carbonyl (C=O) groups is 1. The molecule has 1 aromatic heterocycles. The minimum atomic E-state index is -0.693. The fourth-order valence-corrected chi connectivity index (χ4v) is 5.46. The van der Waals surface area contributed by atoms with Crippen molar-refractivity contribution in [2.75, 3.05) is 6.61 Å². The smallest absolute Gasteiger partial charge is 0.343 e. The third-order valence-corrected chi connectivity index (χ3v) is 7.09. The van der Waals surface area contributed by atoms with E-state index in [2.05, 4.69) is 4.99 Å². The molecule has 3 aromatic carbocycles. The van der Waals surface area contributed by atoms with Crippen LogP contribution in [0.25, 0.3) is 6.08 Å². The molecule has 37 heavy (non-hydrogen) atoms. The first-order valence-electron chi connectivity index (χ1n) is 11.7. The summed E-state index contributed by atoms with van der Waals surface area (Å²) in [5.41, 5.74) is 2.02. The highest BCUT2D eigenvalue weighted by atomic mass is 35.5. The summed E-state index contributed by atoms with van der Waals surface area (Å²) in [4.78, 5) is 32.4. The van der Waals surface area contributed by atoms with Crippen molar-refractivity contribution in [3.63, 3.8) is 0 Å². The van der Waals surface area contributed by atoms with Crippen molar-refractivity contribution >= 4 is 35.0 Å². The number of hydrogen-bond acceptors (Lipinski definition) is 6. The minimum Gasteiger partial charge on any atom is -0.493 e. The molecule has 0 radical (unpaired) electrons. The van der Waals surface area contributed by atoms with E-state index in [1.54, 1.807) is 60.0 Å². The van der Waals surface area contributed by atoms with Gasteiger partial charge in [0.25, 0.3) is 5.56 Å². The van der Waals surface area contributed by atoms with Gasteiger partial charge in [0, 0.05) is 10.6 Å². The lowest BCUT2D eigenvalue weighted by Gasteiger charge is -2.24. The van der Waals surface area contributed by atoms with Crippen LogP contribution in [0.15, 0.2) is 99.9 Å². The third kappa shape index (κ3) is 5.01. The molecule has 0 saturated carbocycles. The fourth-order valence-electron chi connectivity index (χ4n) is 4.24. The van der Waals surface area contributed by atoms with Gasteiger partial charge >= 0.3 is 5.97 Å². The molecular weight excluding hydrogens is 508 g/mol. The molecular formula is C29H23ClN2O4S. The molecule has 1 aliphatic rings. The molecule has 5 rings (SSSR count). The highest BCUT2D eigenvalue weighted by molar-refractivity contribution is 7.07. The summed E-state index contributed by atoms with van der Waals surface area (Å²) in [5, 5.41) is 0.534. The Bertz CT molecular complexity index is 1670. The molecule has 0 amide bonds. The van der Waals surface area contributed by atoms with Gasteiger partial charge in [-0.05, 0) is 55.8 Å². The molecule has 2 heterocycles. The maximum atomic E-state index is 13.8. The van der Waals surface area contributed by atoms with Gasteiger partial charge in [-0.3, -0.25) is 9.36 Å². The summed E-state index contributed by atoms with van der Waals surface area (Å²) in [5.74, 6) is 0.492. The van der Waals surface area contributed by atoms with Crippen LogP contribution in [0.2, 0.25) is 5.02 Å². The van der Waals surface area contributed by atoms with Crippen LogP contribution in [0.4, 0.5) is 0 Å². The number of rotatable bonds is 6. The monoisotopic (exact) mass is 530 g/mol. The zero-order chi connectivity index (χ0) is 25.9. The normalized spacial score (nSPS) is 15.2. The number of thiazole rings is 1. The van der Waals surface area contributed by atoms with Crippen LogP contribution in [0.3, 0.4) is 0 Å². The molecule has 0 unspecified atom stereocenters. The third-order valence-electron chi connectivity index (χ3n) is 5.87. The molecule has 0 fully saturated rings. The van der Waals surface area contributed by atoms with Gasteiger partial charge < -0.3 is 9.47 Å². The first-order valence-corrected chi connectivity index (χ1v) is 12.9. The number of esters is 1. The Morgan fingerprint density at radius 2 is 1.78 bits per heavy atom. The van der Waals surface area contributed by atoms with E-state index in [0.717, 1.165) is 5.56 Å². The van der Waals surface area contributed by atoms with Crippen LogP contribution < -0.4 is 24.4 Å². The van der Waals surface area contributed by atoms with Gasteiger partial charge in [-0.1, -0.05) is 71.5 Å². The van der Waals surface area contributed by atoms with Gasteiger partial charge in [-0.25, -0.2) is 9.79 Å². The van der Waals surface area contributed by atoms with Crippen molar-refractivity contribution in [2.24, 2.45) is 4.99 Å². The number of allylic oxidation sites excluding steroid dienone is 1. The molecule has 4 aromatic rings. The highest BCUT2D eigenvalue weighted by Crippen LogP contribution is 2.31. The molecule has 1 aliphatic heterocycles. The molecule has 6 nitrogen and oxygen atoms in total. The summed E-state index contributed by atoms with van der Waals surface area (Å²) >= 11 is 7.49. The topological polar surface area (TPSA) is 69.9 Å². The first kappa shape index (κ1) is 24.7. The van der Waals surface area contributed by atoms with Crippen LogP contribution in [-0.2, 0) is 4.79 Å².